The van der Waals surface area contributed by atoms with Gasteiger partial charge < -0.3 is 42.1 Å². The summed E-state index contributed by atoms with van der Waals surface area (Å²) in [5.41, 5.74) is 5.58. The number of amides is 3. The van der Waals surface area contributed by atoms with Gasteiger partial charge in [-0.15, -0.1) is 0 Å². The summed E-state index contributed by atoms with van der Waals surface area (Å²) in [5, 5.41) is 43.2. The lowest BCUT2D eigenvalue weighted by molar-refractivity contribution is -0.144. The maximum absolute atomic E-state index is 12.9. The molecule has 5 unspecified atom stereocenters. The van der Waals surface area contributed by atoms with Crippen molar-refractivity contribution in [1.82, 2.24) is 16.0 Å². The van der Waals surface area contributed by atoms with E-state index in [-0.39, 0.29) is 12.3 Å². The van der Waals surface area contributed by atoms with Crippen LogP contribution in [0, 0.1) is 5.92 Å². The number of carbonyl (C=O) groups excluding carboxylic acids is 3. The van der Waals surface area contributed by atoms with E-state index in [1.807, 2.05) is 0 Å². The molecule has 0 saturated heterocycles. The summed E-state index contributed by atoms with van der Waals surface area (Å²) >= 11 is 0. The topological polar surface area (TPSA) is 245 Å². The molecule has 0 saturated carbocycles. The number of nitrogens with one attached hydrogen (secondary N) is 3. The van der Waals surface area contributed by atoms with Gasteiger partial charge in [-0.05, 0) is 32.1 Å². The Morgan fingerprint density at radius 2 is 1.12 bits per heavy atom. The van der Waals surface area contributed by atoms with Crippen LogP contribution in [0.3, 0.4) is 0 Å². The largest absolute Gasteiger partial charge is 0.481 e. The Hall–Kier alpha value is -3.26. The molecule has 0 spiro atoms. The molecule has 5 atom stereocenters. The van der Waals surface area contributed by atoms with E-state index >= 15 is 0 Å². The number of aliphatic hydroxyl groups excluding tert-OH is 1. The van der Waals surface area contributed by atoms with E-state index in [1.165, 1.54) is 6.92 Å². The lowest BCUT2D eigenvalue weighted by Gasteiger charge is -2.26. The van der Waals surface area contributed by atoms with E-state index in [0.29, 0.717) is 0 Å². The molecule has 0 aliphatic rings. The molecule has 0 radical (unpaired) electrons. The Balaban J connectivity index is 5.59. The molecular formula is C20H34N4O10. The minimum Gasteiger partial charge on any atom is -0.481 e. The molecule has 34 heavy (non-hydrogen) atoms. The number of rotatable bonds is 16. The quantitative estimate of drug-likeness (QED) is 0.118. The van der Waals surface area contributed by atoms with Crippen LogP contribution < -0.4 is 21.7 Å². The lowest BCUT2D eigenvalue weighted by Crippen LogP contribution is -2.58. The van der Waals surface area contributed by atoms with Crippen LogP contribution in [0.2, 0.25) is 0 Å². The smallest absolute Gasteiger partial charge is 0.326 e. The van der Waals surface area contributed by atoms with Gasteiger partial charge in [0.05, 0.1) is 6.10 Å². The number of carbonyl (C=O) groups is 6. The van der Waals surface area contributed by atoms with Gasteiger partial charge in [0.2, 0.25) is 17.7 Å². The second kappa shape index (κ2) is 14.8. The van der Waals surface area contributed by atoms with E-state index < -0.39 is 91.6 Å². The average molecular weight is 491 g/mol. The fourth-order valence-electron chi connectivity index (χ4n) is 2.80. The molecule has 194 valence electrons. The number of aliphatic carboxylic acids is 3. The molecule has 0 heterocycles. The predicted octanol–water partition coefficient (Wildman–Crippen LogP) is -1.99. The molecule has 0 aliphatic heterocycles. The number of aliphatic hydroxyl groups is 1. The molecule has 3 amide bonds. The first-order valence-corrected chi connectivity index (χ1v) is 10.7. The van der Waals surface area contributed by atoms with Crippen LogP contribution in [0.15, 0.2) is 0 Å². The molecule has 0 rings (SSSR count). The maximum Gasteiger partial charge on any atom is 0.326 e. The predicted molar refractivity (Wildman–Crippen MR) is 116 cm³/mol. The Morgan fingerprint density at radius 3 is 1.53 bits per heavy atom. The third kappa shape index (κ3) is 12.1. The second-order valence-corrected chi connectivity index (χ2v) is 8.28. The Morgan fingerprint density at radius 1 is 0.706 bits per heavy atom. The van der Waals surface area contributed by atoms with Gasteiger partial charge >= 0.3 is 17.9 Å². The summed E-state index contributed by atoms with van der Waals surface area (Å²) < 4.78 is 0. The fraction of sp³-hybridized carbons (Fsp3) is 0.700. The molecule has 14 nitrogen and oxygen atoms in total. The van der Waals surface area contributed by atoms with Gasteiger partial charge in [-0.1, -0.05) is 13.8 Å². The van der Waals surface area contributed by atoms with Gasteiger partial charge in [0.1, 0.15) is 24.2 Å². The van der Waals surface area contributed by atoms with Crippen molar-refractivity contribution < 1.29 is 49.2 Å². The molecular weight excluding hydrogens is 456 g/mol. The second-order valence-electron chi connectivity index (χ2n) is 8.28. The molecule has 9 N–H and O–H groups in total. The van der Waals surface area contributed by atoms with E-state index in [2.05, 4.69) is 16.0 Å². The molecule has 0 bridgehead atoms. The standard InChI is InChI=1S/C20H34N4O10/c1-9(2)8-13(24-19(32)16(21)10(3)25)18(31)22-11(4-6-14(26)27)17(30)23-12(20(33)34)5-7-15(28)29/h9-13,16,25H,4-8,21H2,1-3H3,(H,22,31)(H,23,30)(H,24,32)(H,26,27)(H,28,29)(H,33,34). The first-order chi connectivity index (χ1) is 15.6. The van der Waals surface area contributed by atoms with Gasteiger partial charge in [-0.25, -0.2) is 4.79 Å². The van der Waals surface area contributed by atoms with Crippen LogP contribution in [0.1, 0.15) is 52.9 Å². The van der Waals surface area contributed by atoms with Crippen molar-refractivity contribution in [3.63, 3.8) is 0 Å². The van der Waals surface area contributed by atoms with Crippen molar-refractivity contribution in [1.29, 1.82) is 0 Å². The third-order valence-electron chi connectivity index (χ3n) is 4.70. The van der Waals surface area contributed by atoms with Crippen molar-refractivity contribution in [2.24, 2.45) is 11.7 Å². The fourth-order valence-corrected chi connectivity index (χ4v) is 2.80. The van der Waals surface area contributed by atoms with Gasteiger partial charge in [0.25, 0.3) is 0 Å². The van der Waals surface area contributed by atoms with E-state index in [1.54, 1.807) is 13.8 Å². The maximum atomic E-state index is 12.9. The molecule has 14 heteroatoms. The Bertz CT molecular complexity index is 756. The normalized spacial score (nSPS) is 15.4. The first-order valence-electron chi connectivity index (χ1n) is 10.7. The highest BCUT2D eigenvalue weighted by atomic mass is 16.4. The van der Waals surface area contributed by atoms with Crippen LogP contribution in [-0.4, -0.2) is 86.3 Å². The van der Waals surface area contributed by atoms with Gasteiger partial charge in [-0.3, -0.25) is 24.0 Å². The zero-order chi connectivity index (χ0) is 26.6. The monoisotopic (exact) mass is 490 g/mol. The molecule has 0 aromatic heterocycles. The summed E-state index contributed by atoms with van der Waals surface area (Å²) in [7, 11) is 0. The van der Waals surface area contributed by atoms with Crippen LogP contribution in [0.5, 0.6) is 0 Å². The average Bonchev–Trinajstić information content (AvgIpc) is 2.71. The number of carboxylic acids is 3. The Labute approximate surface area is 196 Å². The third-order valence-corrected chi connectivity index (χ3v) is 4.70. The number of nitrogens with two attached hydrogens (primary N) is 1. The van der Waals surface area contributed by atoms with E-state index in [4.69, 9.17) is 15.9 Å². The molecule has 0 fully saturated rings. The van der Waals surface area contributed by atoms with Crippen LogP contribution in [0.4, 0.5) is 0 Å². The minimum atomic E-state index is -1.58. The minimum absolute atomic E-state index is 0.0995. The first kappa shape index (κ1) is 30.7. The lowest BCUT2D eigenvalue weighted by atomic mass is 10.0. The molecule has 0 aromatic carbocycles. The van der Waals surface area contributed by atoms with Crippen LogP contribution in [-0.2, 0) is 28.8 Å². The van der Waals surface area contributed by atoms with Gasteiger partial charge in [0.15, 0.2) is 0 Å². The summed E-state index contributed by atoms with van der Waals surface area (Å²) in [6, 6.07) is -5.56. The zero-order valence-corrected chi connectivity index (χ0v) is 19.3. The van der Waals surface area contributed by atoms with Crippen LogP contribution in [0.25, 0.3) is 0 Å². The van der Waals surface area contributed by atoms with Crippen molar-refractivity contribution in [2.45, 2.75) is 83.1 Å². The number of hydrogen-bond donors (Lipinski definition) is 8. The number of carboxylic acid groups (broad SMARTS) is 3. The van der Waals surface area contributed by atoms with Crippen molar-refractivity contribution in [3.8, 4) is 0 Å². The number of hydrogen-bond acceptors (Lipinski definition) is 8. The van der Waals surface area contributed by atoms with Crippen molar-refractivity contribution >= 4 is 35.6 Å². The highest BCUT2D eigenvalue weighted by Gasteiger charge is 2.31. The molecule has 0 aliphatic carbocycles. The summed E-state index contributed by atoms with van der Waals surface area (Å²) in [5.74, 6) is -6.85. The van der Waals surface area contributed by atoms with Crippen molar-refractivity contribution in [2.75, 3.05) is 0 Å². The van der Waals surface area contributed by atoms with Crippen molar-refractivity contribution in [3.05, 3.63) is 0 Å². The molecule has 0 aromatic rings. The summed E-state index contributed by atoms with van der Waals surface area (Å²) in [4.78, 5) is 70.8. The summed E-state index contributed by atoms with van der Waals surface area (Å²) in [6.07, 6.45) is -2.99. The van der Waals surface area contributed by atoms with Crippen LogP contribution >= 0.6 is 0 Å². The zero-order valence-electron chi connectivity index (χ0n) is 19.3. The SMILES string of the molecule is CC(C)CC(NC(=O)C(N)C(C)O)C(=O)NC(CCC(=O)O)C(=O)NC(CCC(=O)O)C(=O)O. The Kier molecular flexibility index (Phi) is 13.4. The highest BCUT2D eigenvalue weighted by Crippen LogP contribution is 2.08. The van der Waals surface area contributed by atoms with Gasteiger partial charge in [-0.2, -0.15) is 0 Å². The van der Waals surface area contributed by atoms with E-state index in [0.717, 1.165) is 0 Å². The van der Waals surface area contributed by atoms with Gasteiger partial charge in [0, 0.05) is 12.8 Å². The van der Waals surface area contributed by atoms with E-state index in [9.17, 15) is 39.0 Å². The highest BCUT2D eigenvalue weighted by molar-refractivity contribution is 5.94. The summed E-state index contributed by atoms with van der Waals surface area (Å²) in [6.45, 7) is 4.81.